The normalized spacial score (nSPS) is 21.6. The summed E-state index contributed by atoms with van der Waals surface area (Å²) in [6.45, 7) is 4.52. The van der Waals surface area contributed by atoms with Crippen molar-refractivity contribution in [1.82, 2.24) is 14.8 Å². The third kappa shape index (κ3) is 4.25. The minimum absolute atomic E-state index is 0.0988. The molecule has 2 fully saturated rings. The zero-order valence-corrected chi connectivity index (χ0v) is 18.9. The van der Waals surface area contributed by atoms with Gasteiger partial charge in [-0.05, 0) is 75.6 Å². The Morgan fingerprint density at radius 3 is 2.78 bits per heavy atom. The molecule has 0 saturated carbocycles. The van der Waals surface area contributed by atoms with Gasteiger partial charge in [-0.3, -0.25) is 19.4 Å². The Morgan fingerprint density at radius 2 is 1.94 bits per heavy atom. The molecule has 0 spiro atoms. The molecule has 1 aromatic carbocycles. The molecule has 0 radical (unpaired) electrons. The van der Waals surface area contributed by atoms with E-state index in [1.54, 1.807) is 41.4 Å². The lowest BCUT2D eigenvalue weighted by molar-refractivity contribution is -0.120. The van der Waals surface area contributed by atoms with Gasteiger partial charge in [-0.15, -0.1) is 0 Å². The van der Waals surface area contributed by atoms with Crippen LogP contribution in [-0.2, 0) is 4.79 Å². The summed E-state index contributed by atoms with van der Waals surface area (Å²) in [7, 11) is 0. The second kappa shape index (κ2) is 9.17. The van der Waals surface area contributed by atoms with Gasteiger partial charge >= 0.3 is 0 Å². The third-order valence-electron chi connectivity index (χ3n) is 6.70. The largest absolute Gasteiger partial charge is 0.319 e. The van der Waals surface area contributed by atoms with Crippen LogP contribution >= 0.6 is 11.6 Å². The predicted molar refractivity (Wildman–Crippen MR) is 126 cm³/mol. The Morgan fingerprint density at radius 1 is 1.12 bits per heavy atom. The van der Waals surface area contributed by atoms with Gasteiger partial charge in [-0.25, -0.2) is 4.98 Å². The predicted octanol–water partition coefficient (Wildman–Crippen LogP) is 3.92. The van der Waals surface area contributed by atoms with Crippen LogP contribution in [0.25, 0.3) is 0 Å². The highest BCUT2D eigenvalue weighted by molar-refractivity contribution is 6.31. The van der Waals surface area contributed by atoms with Crippen molar-refractivity contribution in [1.29, 1.82) is 0 Å². The molecule has 168 valence electrons. The first kappa shape index (κ1) is 21.4. The second-order valence-electron chi connectivity index (χ2n) is 8.85. The van der Waals surface area contributed by atoms with Gasteiger partial charge in [0, 0.05) is 23.8 Å². The fourth-order valence-corrected chi connectivity index (χ4v) is 5.26. The number of nitrogens with zero attached hydrogens (tertiary/aromatic N) is 4. The number of anilines is 3. The Hall–Kier alpha value is -2.48. The van der Waals surface area contributed by atoms with Crippen molar-refractivity contribution < 1.29 is 9.59 Å². The number of hydrogen-bond acceptors (Lipinski definition) is 5. The number of rotatable bonds is 4. The number of amides is 2. The monoisotopic (exact) mass is 453 g/mol. The van der Waals surface area contributed by atoms with Crippen LogP contribution in [-0.4, -0.2) is 65.4 Å². The quantitative estimate of drug-likeness (QED) is 0.760. The SMILES string of the molecule is O=C1Nc2cccnc2N(C(=O)CN2CCCCC2CN2CCCC2)c2cc(Cl)ccc21. The smallest absolute Gasteiger partial charge is 0.257 e. The van der Waals surface area contributed by atoms with E-state index in [0.29, 0.717) is 33.8 Å². The van der Waals surface area contributed by atoms with E-state index in [-0.39, 0.29) is 18.4 Å². The number of carbonyl (C=O) groups is 2. The lowest BCUT2D eigenvalue weighted by atomic mass is 10.0. The molecule has 7 nitrogen and oxygen atoms in total. The number of nitrogens with one attached hydrogen (secondary N) is 1. The molecule has 8 heteroatoms. The highest BCUT2D eigenvalue weighted by atomic mass is 35.5. The number of piperidine rings is 1. The molecule has 0 bridgehead atoms. The van der Waals surface area contributed by atoms with E-state index < -0.39 is 0 Å². The van der Waals surface area contributed by atoms with Crippen LogP contribution in [0.1, 0.15) is 42.5 Å². The molecule has 4 heterocycles. The highest BCUT2D eigenvalue weighted by Crippen LogP contribution is 2.38. The number of hydrogen-bond donors (Lipinski definition) is 1. The molecule has 3 aliphatic heterocycles. The molecule has 2 aromatic rings. The molecule has 2 amide bonds. The summed E-state index contributed by atoms with van der Waals surface area (Å²) in [6.07, 6.45) is 7.58. The third-order valence-corrected chi connectivity index (χ3v) is 6.93. The van der Waals surface area contributed by atoms with Crippen molar-refractivity contribution in [2.45, 2.75) is 38.1 Å². The van der Waals surface area contributed by atoms with Gasteiger partial charge in [0.05, 0.1) is 23.5 Å². The minimum Gasteiger partial charge on any atom is -0.319 e. The van der Waals surface area contributed by atoms with Crippen molar-refractivity contribution >= 4 is 40.6 Å². The van der Waals surface area contributed by atoms with Crippen LogP contribution in [0.15, 0.2) is 36.5 Å². The standard InChI is InChI=1S/C24H28ClN5O2/c25-17-8-9-19-21(14-17)30(23-20(27-24(19)32)7-5-10-26-23)22(31)16-29-13-2-1-6-18(29)15-28-11-3-4-12-28/h5,7-10,14,18H,1-4,6,11-13,15-16H2,(H,27,32). The average molecular weight is 454 g/mol. The van der Waals surface area contributed by atoms with Gasteiger partial charge in [0.2, 0.25) is 5.91 Å². The summed E-state index contributed by atoms with van der Waals surface area (Å²) < 4.78 is 0. The van der Waals surface area contributed by atoms with E-state index in [0.717, 1.165) is 39.0 Å². The fourth-order valence-electron chi connectivity index (χ4n) is 5.09. The van der Waals surface area contributed by atoms with Crippen molar-refractivity contribution in [3.8, 4) is 0 Å². The van der Waals surface area contributed by atoms with E-state index in [9.17, 15) is 9.59 Å². The van der Waals surface area contributed by atoms with Gasteiger partial charge in [0.15, 0.2) is 5.82 Å². The van der Waals surface area contributed by atoms with Gasteiger partial charge in [-0.1, -0.05) is 18.0 Å². The van der Waals surface area contributed by atoms with Crippen molar-refractivity contribution in [2.75, 3.05) is 42.9 Å². The van der Waals surface area contributed by atoms with E-state index in [4.69, 9.17) is 11.6 Å². The molecule has 32 heavy (non-hydrogen) atoms. The Balaban J connectivity index is 1.46. The molecule has 5 rings (SSSR count). The maximum absolute atomic E-state index is 13.8. The molecule has 2 saturated heterocycles. The van der Waals surface area contributed by atoms with Crippen LogP contribution in [0.2, 0.25) is 5.02 Å². The van der Waals surface area contributed by atoms with Crippen LogP contribution in [0.5, 0.6) is 0 Å². The number of carbonyl (C=O) groups excluding carboxylic acids is 2. The maximum atomic E-state index is 13.8. The first-order valence-electron chi connectivity index (χ1n) is 11.5. The maximum Gasteiger partial charge on any atom is 0.257 e. The molecule has 3 aliphatic rings. The van der Waals surface area contributed by atoms with Crippen molar-refractivity contribution in [2.24, 2.45) is 0 Å². The van der Waals surface area contributed by atoms with E-state index in [2.05, 4.69) is 20.1 Å². The number of fused-ring (bicyclic) bond motifs is 2. The van der Waals surface area contributed by atoms with Gasteiger partial charge in [-0.2, -0.15) is 0 Å². The first-order valence-corrected chi connectivity index (χ1v) is 11.8. The average Bonchev–Trinajstić information content (AvgIpc) is 3.25. The zero-order chi connectivity index (χ0) is 22.1. The Kier molecular flexibility index (Phi) is 6.13. The zero-order valence-electron chi connectivity index (χ0n) is 18.1. The summed E-state index contributed by atoms with van der Waals surface area (Å²) in [5, 5.41) is 3.36. The highest BCUT2D eigenvalue weighted by Gasteiger charge is 2.34. The fraction of sp³-hybridized carbons (Fsp3) is 0.458. The summed E-state index contributed by atoms with van der Waals surface area (Å²) in [4.78, 5) is 37.5. The summed E-state index contributed by atoms with van der Waals surface area (Å²) in [6, 6.07) is 8.90. The van der Waals surface area contributed by atoms with E-state index in [1.165, 1.54) is 19.3 Å². The molecular formula is C24H28ClN5O2. The summed E-state index contributed by atoms with van der Waals surface area (Å²) in [5.74, 6) is 0.0596. The Labute approximate surface area is 193 Å². The Bertz CT molecular complexity index is 1020. The van der Waals surface area contributed by atoms with Crippen molar-refractivity contribution in [3.05, 3.63) is 47.1 Å². The molecule has 0 aliphatic carbocycles. The molecule has 1 atom stereocenters. The number of pyridine rings is 1. The van der Waals surface area contributed by atoms with Gasteiger partial charge in [0.25, 0.3) is 5.91 Å². The molecule has 1 N–H and O–H groups in total. The first-order chi connectivity index (χ1) is 15.6. The second-order valence-corrected chi connectivity index (χ2v) is 9.28. The number of likely N-dealkylation sites (tertiary alicyclic amines) is 2. The van der Waals surface area contributed by atoms with Crippen LogP contribution < -0.4 is 10.2 Å². The number of halogens is 1. The van der Waals surface area contributed by atoms with Gasteiger partial charge < -0.3 is 10.2 Å². The van der Waals surface area contributed by atoms with Crippen LogP contribution in [0, 0.1) is 0 Å². The van der Waals surface area contributed by atoms with Crippen LogP contribution in [0.4, 0.5) is 17.2 Å². The molecular weight excluding hydrogens is 426 g/mol. The van der Waals surface area contributed by atoms with E-state index >= 15 is 0 Å². The minimum atomic E-state index is -0.272. The number of aromatic nitrogens is 1. The van der Waals surface area contributed by atoms with Crippen molar-refractivity contribution in [3.63, 3.8) is 0 Å². The summed E-state index contributed by atoms with van der Waals surface area (Å²) in [5.41, 5.74) is 1.41. The summed E-state index contributed by atoms with van der Waals surface area (Å²) >= 11 is 6.28. The van der Waals surface area contributed by atoms with Crippen LogP contribution in [0.3, 0.4) is 0 Å². The topological polar surface area (TPSA) is 68.8 Å². The van der Waals surface area contributed by atoms with E-state index in [1.807, 2.05) is 0 Å². The lowest BCUT2D eigenvalue weighted by Crippen LogP contribution is -2.50. The molecule has 1 aromatic heterocycles. The number of benzene rings is 1. The lowest BCUT2D eigenvalue weighted by Gasteiger charge is -2.38. The molecule has 1 unspecified atom stereocenters. The van der Waals surface area contributed by atoms with Gasteiger partial charge in [0.1, 0.15) is 0 Å².